The van der Waals surface area contributed by atoms with E-state index in [9.17, 15) is 29.7 Å². The summed E-state index contributed by atoms with van der Waals surface area (Å²) in [5.74, 6) is -4.51. The Labute approximate surface area is 120 Å². The molecule has 0 aliphatic heterocycles. The molecule has 0 aromatic carbocycles. The molecular weight excluding hydrogens is 292 g/mol. The highest BCUT2D eigenvalue weighted by molar-refractivity contribution is 6.32. The van der Waals surface area contributed by atoms with Gasteiger partial charge in [-0.1, -0.05) is 0 Å². The van der Waals surface area contributed by atoms with Crippen molar-refractivity contribution in [3.8, 4) is 0 Å². The molecule has 0 saturated carbocycles. The Bertz CT molecular complexity index is 400. The van der Waals surface area contributed by atoms with Gasteiger partial charge in [0.1, 0.15) is 30.5 Å². The number of hydrogen-bond acceptors (Lipinski definition) is 9. The smallest absolute Gasteiger partial charge is 0.372 e. The molecule has 6 N–H and O–H groups in total. The number of hydrogen-bond donors (Lipinski definition) is 6. The van der Waals surface area contributed by atoms with Gasteiger partial charge in [-0.05, 0) is 0 Å². The van der Waals surface area contributed by atoms with Crippen LogP contribution >= 0.6 is 0 Å². The molecule has 122 valence electrons. The number of Topliss-reactive ketones (excluding diaryl/α,β-unsaturated/α-hetero) is 1. The lowest BCUT2D eigenvalue weighted by atomic mass is 9.96. The van der Waals surface area contributed by atoms with Crippen molar-refractivity contribution in [3.63, 3.8) is 0 Å². The van der Waals surface area contributed by atoms with E-state index in [2.05, 4.69) is 4.74 Å². The molecule has 0 aromatic heterocycles. The quantitative estimate of drug-likeness (QED) is 0.184. The standard InChI is InChI=1S/C11H18O10/c1-4(13)21-7(2-5(14)11(19)20)9(17)10(18)8(16)6(15)3-12/h6-10,12,15-18H,2-3H2,1H3,(H,19,20)/t6-,7+,8-,9-,10+/m1/s1/i1D. The third kappa shape index (κ3) is 6.14. The van der Waals surface area contributed by atoms with Gasteiger partial charge in [-0.15, -0.1) is 0 Å². The van der Waals surface area contributed by atoms with Crippen LogP contribution in [-0.4, -0.2) is 85.5 Å². The Hall–Kier alpha value is -1.59. The van der Waals surface area contributed by atoms with E-state index in [1.807, 2.05) is 0 Å². The maximum absolute atomic E-state index is 11.1. The van der Waals surface area contributed by atoms with E-state index in [0.29, 0.717) is 0 Å². The number of ketones is 1. The first kappa shape index (κ1) is 17.5. The Morgan fingerprint density at radius 2 is 1.67 bits per heavy atom. The van der Waals surface area contributed by atoms with Crippen molar-refractivity contribution in [2.75, 3.05) is 6.61 Å². The lowest BCUT2D eigenvalue weighted by molar-refractivity contribution is -0.173. The summed E-state index contributed by atoms with van der Waals surface area (Å²) in [5, 5.41) is 55.1. The van der Waals surface area contributed by atoms with Crippen LogP contribution in [0.5, 0.6) is 0 Å². The van der Waals surface area contributed by atoms with E-state index >= 15 is 0 Å². The lowest BCUT2D eigenvalue weighted by Gasteiger charge is -2.30. The minimum absolute atomic E-state index is 0.887. The van der Waals surface area contributed by atoms with Crippen LogP contribution in [-0.2, 0) is 19.1 Å². The molecule has 0 aromatic rings. The van der Waals surface area contributed by atoms with Gasteiger partial charge in [0.15, 0.2) is 0 Å². The van der Waals surface area contributed by atoms with E-state index in [4.69, 9.17) is 16.7 Å². The molecule has 0 aliphatic rings. The van der Waals surface area contributed by atoms with Gasteiger partial charge in [0.2, 0.25) is 5.78 Å². The Morgan fingerprint density at radius 3 is 2.10 bits per heavy atom. The second-order valence-electron chi connectivity index (χ2n) is 4.18. The molecule has 0 fully saturated rings. The minimum atomic E-state index is -2.15. The van der Waals surface area contributed by atoms with Crippen molar-refractivity contribution in [1.29, 1.82) is 0 Å². The molecule has 0 radical (unpaired) electrons. The number of aliphatic hydroxyl groups excluding tert-OH is 5. The van der Waals surface area contributed by atoms with E-state index in [-0.39, 0.29) is 0 Å². The van der Waals surface area contributed by atoms with Gasteiger partial charge >= 0.3 is 11.9 Å². The predicted molar refractivity (Wildman–Crippen MR) is 63.9 cm³/mol. The summed E-state index contributed by atoms with van der Waals surface area (Å²) in [5.41, 5.74) is 0. The number of aliphatic hydroxyl groups is 5. The topological polar surface area (TPSA) is 182 Å². The van der Waals surface area contributed by atoms with Gasteiger partial charge in [0, 0.05) is 8.27 Å². The van der Waals surface area contributed by atoms with Crippen LogP contribution < -0.4 is 0 Å². The fraction of sp³-hybridized carbons (Fsp3) is 0.727. The number of carbonyl (C=O) groups excluding carboxylic acids is 2. The summed E-state index contributed by atoms with van der Waals surface area (Å²) in [7, 11) is 0. The molecule has 0 unspecified atom stereocenters. The highest BCUT2D eigenvalue weighted by Gasteiger charge is 2.38. The fourth-order valence-electron chi connectivity index (χ4n) is 1.43. The first-order chi connectivity index (χ1) is 10.1. The van der Waals surface area contributed by atoms with Gasteiger partial charge in [0.05, 0.1) is 13.0 Å². The SMILES string of the molecule is [2H]CC(=O)O[C@@H](CC(=O)C(=O)O)[C@@H](O)[C@@H](O)[C@H](O)[C@H](O)CO. The van der Waals surface area contributed by atoms with E-state index in [1.165, 1.54) is 0 Å². The highest BCUT2D eigenvalue weighted by Crippen LogP contribution is 2.14. The van der Waals surface area contributed by atoms with Crippen LogP contribution in [0.1, 0.15) is 14.7 Å². The van der Waals surface area contributed by atoms with Crippen molar-refractivity contribution >= 4 is 17.7 Å². The van der Waals surface area contributed by atoms with Crippen molar-refractivity contribution in [1.82, 2.24) is 0 Å². The predicted octanol–water partition coefficient (Wildman–Crippen LogP) is -3.60. The number of carboxylic acid groups (broad SMARTS) is 1. The zero-order valence-corrected chi connectivity index (χ0v) is 10.8. The molecule has 5 atom stereocenters. The van der Waals surface area contributed by atoms with E-state index < -0.39 is 68.2 Å². The third-order valence-corrected chi connectivity index (χ3v) is 2.57. The summed E-state index contributed by atoms with van der Waals surface area (Å²) in [6.07, 6.45) is -11.0. The van der Waals surface area contributed by atoms with E-state index in [1.54, 1.807) is 0 Å². The number of carbonyl (C=O) groups is 3. The number of ether oxygens (including phenoxy) is 1. The molecule has 0 saturated heterocycles. The molecule has 0 spiro atoms. The molecule has 0 rings (SSSR count). The van der Waals surface area contributed by atoms with Crippen LogP contribution in [0.15, 0.2) is 0 Å². The van der Waals surface area contributed by atoms with Crippen molar-refractivity contribution < 1.29 is 51.1 Å². The lowest BCUT2D eigenvalue weighted by Crippen LogP contribution is -2.51. The third-order valence-electron chi connectivity index (χ3n) is 2.57. The molecular formula is C11H18O10. The largest absolute Gasteiger partial charge is 0.475 e. The van der Waals surface area contributed by atoms with Crippen molar-refractivity contribution in [2.24, 2.45) is 0 Å². The summed E-state index contributed by atoms with van der Waals surface area (Å²) in [6, 6.07) is 0. The van der Waals surface area contributed by atoms with Crippen molar-refractivity contribution in [3.05, 3.63) is 0 Å². The second-order valence-corrected chi connectivity index (χ2v) is 4.18. The summed E-state index contributed by atoms with van der Waals surface area (Å²) < 4.78 is 11.2. The van der Waals surface area contributed by atoms with Gasteiger partial charge in [-0.3, -0.25) is 9.59 Å². The first-order valence-electron chi connectivity index (χ1n) is 6.44. The summed E-state index contributed by atoms with van der Waals surface area (Å²) >= 11 is 0. The molecule has 21 heavy (non-hydrogen) atoms. The Balaban J connectivity index is 5.08. The zero-order chi connectivity index (χ0) is 17.4. The van der Waals surface area contributed by atoms with Gasteiger partial charge in [-0.2, -0.15) is 0 Å². The minimum Gasteiger partial charge on any atom is -0.475 e. The van der Waals surface area contributed by atoms with Crippen LogP contribution in [0.3, 0.4) is 0 Å². The molecule has 10 heteroatoms. The average molecular weight is 311 g/mol. The van der Waals surface area contributed by atoms with Crippen LogP contribution in [0.2, 0.25) is 0 Å². The van der Waals surface area contributed by atoms with Gasteiger partial charge in [0.25, 0.3) is 0 Å². The van der Waals surface area contributed by atoms with Crippen LogP contribution in [0.25, 0.3) is 0 Å². The molecule has 0 heterocycles. The maximum Gasteiger partial charge on any atom is 0.372 e. The molecule has 0 bridgehead atoms. The summed E-state index contributed by atoms with van der Waals surface area (Å²) in [4.78, 5) is 32.7. The van der Waals surface area contributed by atoms with Gasteiger partial charge < -0.3 is 35.4 Å². The van der Waals surface area contributed by atoms with Crippen molar-refractivity contribution in [2.45, 2.75) is 43.8 Å². The monoisotopic (exact) mass is 311 g/mol. The highest BCUT2D eigenvalue weighted by atomic mass is 16.6. The first-order valence-corrected chi connectivity index (χ1v) is 5.73. The Morgan fingerprint density at radius 1 is 1.10 bits per heavy atom. The number of carboxylic acids is 1. The zero-order valence-electron chi connectivity index (χ0n) is 11.8. The average Bonchev–Trinajstić information content (AvgIpc) is 2.50. The number of esters is 1. The summed E-state index contributed by atoms with van der Waals surface area (Å²) in [6.45, 7) is -1.83. The van der Waals surface area contributed by atoms with E-state index in [0.717, 1.165) is 0 Å². The molecule has 0 amide bonds. The van der Waals surface area contributed by atoms with Crippen LogP contribution in [0, 0.1) is 0 Å². The number of aliphatic carboxylic acids is 1. The fourth-order valence-corrected chi connectivity index (χ4v) is 1.43. The molecule has 10 nitrogen and oxygen atoms in total. The maximum atomic E-state index is 11.1. The Kier molecular flexibility index (Phi) is 7.19. The van der Waals surface area contributed by atoms with Gasteiger partial charge in [-0.25, -0.2) is 4.79 Å². The number of rotatable bonds is 9. The second kappa shape index (κ2) is 8.64. The normalized spacial score (nSPS) is 18.8. The molecule has 0 aliphatic carbocycles. The van der Waals surface area contributed by atoms with Crippen LogP contribution in [0.4, 0.5) is 0 Å².